The number of aryl methyl sites for hydroxylation is 1. The van der Waals surface area contributed by atoms with Crippen molar-refractivity contribution in [3.8, 4) is 0 Å². The van der Waals surface area contributed by atoms with Gasteiger partial charge in [-0.2, -0.15) is 0 Å². The van der Waals surface area contributed by atoms with Crippen molar-refractivity contribution in [3.63, 3.8) is 0 Å². The van der Waals surface area contributed by atoms with Crippen LogP contribution in [0.5, 0.6) is 0 Å². The molecule has 1 fully saturated rings. The maximum absolute atomic E-state index is 12.4. The second-order valence-electron chi connectivity index (χ2n) is 4.45. The molecule has 0 aromatic carbocycles. The third kappa shape index (κ3) is 3.36. The zero-order valence-electron chi connectivity index (χ0n) is 11.9. The van der Waals surface area contributed by atoms with Gasteiger partial charge >= 0.3 is 5.97 Å². The number of amides is 1. The van der Waals surface area contributed by atoms with Crippen LogP contribution in [-0.2, 0) is 14.3 Å². The Bertz CT molecular complexity index is 621. The van der Waals surface area contributed by atoms with Crippen LogP contribution in [0.2, 0.25) is 0 Å². The molecule has 0 aliphatic carbocycles. The van der Waals surface area contributed by atoms with Crippen LogP contribution in [0.1, 0.15) is 24.3 Å². The van der Waals surface area contributed by atoms with Gasteiger partial charge in [-0.05, 0) is 43.9 Å². The van der Waals surface area contributed by atoms with E-state index in [1.54, 1.807) is 25.2 Å². The van der Waals surface area contributed by atoms with Crippen molar-refractivity contribution in [2.24, 2.45) is 0 Å². The third-order valence-electron chi connectivity index (χ3n) is 3.00. The van der Waals surface area contributed by atoms with E-state index in [9.17, 15) is 9.59 Å². The molecule has 21 heavy (non-hydrogen) atoms. The summed E-state index contributed by atoms with van der Waals surface area (Å²) in [6, 6.07) is 1.30. The van der Waals surface area contributed by atoms with E-state index in [1.165, 1.54) is 16.7 Å². The summed E-state index contributed by atoms with van der Waals surface area (Å²) < 4.78 is 5.34. The van der Waals surface area contributed by atoms with Crippen LogP contribution in [-0.4, -0.2) is 33.7 Å². The van der Waals surface area contributed by atoms with E-state index in [2.05, 4.69) is 0 Å². The van der Waals surface area contributed by atoms with Crippen LogP contribution in [0, 0.1) is 6.92 Å². The monoisotopic (exact) mass is 341 g/mol. The highest BCUT2D eigenvalue weighted by Gasteiger charge is 2.38. The molecule has 0 bridgehead atoms. The number of thioether (sulfide) groups is 1. The van der Waals surface area contributed by atoms with E-state index in [0.29, 0.717) is 9.23 Å². The standard InChI is InChI=1S/C14H15NO3S3/c1-4-18-13(17)9(3)15-12(16)11(21-14(15)19)7-10-8(2)5-6-20-10/h5-7,9H,4H2,1-3H3. The van der Waals surface area contributed by atoms with Gasteiger partial charge in [-0.3, -0.25) is 9.69 Å². The Morgan fingerprint density at radius 3 is 2.86 bits per heavy atom. The van der Waals surface area contributed by atoms with Crippen molar-refractivity contribution in [3.05, 3.63) is 26.8 Å². The summed E-state index contributed by atoms with van der Waals surface area (Å²) in [5, 5.41) is 1.98. The van der Waals surface area contributed by atoms with E-state index < -0.39 is 12.0 Å². The summed E-state index contributed by atoms with van der Waals surface area (Å²) in [5.74, 6) is -0.680. The largest absolute Gasteiger partial charge is 0.464 e. The predicted molar refractivity (Wildman–Crippen MR) is 90.2 cm³/mol. The predicted octanol–water partition coefficient (Wildman–Crippen LogP) is 3.21. The molecule has 112 valence electrons. The summed E-state index contributed by atoms with van der Waals surface area (Å²) in [5.41, 5.74) is 1.11. The van der Waals surface area contributed by atoms with E-state index in [-0.39, 0.29) is 12.5 Å². The van der Waals surface area contributed by atoms with Crippen LogP contribution in [0.4, 0.5) is 0 Å². The summed E-state index contributed by atoms with van der Waals surface area (Å²) in [6.45, 7) is 5.63. The number of hydrogen-bond donors (Lipinski definition) is 0. The van der Waals surface area contributed by atoms with Gasteiger partial charge in [0, 0.05) is 4.88 Å². The smallest absolute Gasteiger partial charge is 0.329 e. The summed E-state index contributed by atoms with van der Waals surface area (Å²) in [4.78, 5) is 27.1. The molecule has 0 saturated carbocycles. The van der Waals surface area contributed by atoms with Gasteiger partial charge in [0.2, 0.25) is 0 Å². The Kier molecular flexibility index (Phi) is 5.18. The average Bonchev–Trinajstić information content (AvgIpc) is 2.95. The topological polar surface area (TPSA) is 46.6 Å². The first-order valence-electron chi connectivity index (χ1n) is 6.43. The average molecular weight is 341 g/mol. The fourth-order valence-corrected chi connectivity index (χ4v) is 4.17. The molecule has 0 N–H and O–H groups in total. The molecular weight excluding hydrogens is 326 g/mol. The van der Waals surface area contributed by atoms with Crippen LogP contribution >= 0.6 is 35.3 Å². The Labute approximate surface area is 137 Å². The van der Waals surface area contributed by atoms with Gasteiger partial charge in [-0.25, -0.2) is 4.79 Å². The molecule has 7 heteroatoms. The first-order valence-corrected chi connectivity index (χ1v) is 8.54. The number of ether oxygens (including phenoxy) is 1. The van der Waals surface area contributed by atoms with Crippen molar-refractivity contribution in [1.82, 2.24) is 4.90 Å². The van der Waals surface area contributed by atoms with E-state index >= 15 is 0 Å². The molecule has 1 amide bonds. The normalized spacial score (nSPS) is 18.4. The number of nitrogens with zero attached hydrogens (tertiary/aromatic N) is 1. The van der Waals surface area contributed by atoms with Crippen LogP contribution < -0.4 is 0 Å². The van der Waals surface area contributed by atoms with Crippen LogP contribution in [0.15, 0.2) is 16.4 Å². The number of hydrogen-bond acceptors (Lipinski definition) is 6. The number of rotatable bonds is 4. The van der Waals surface area contributed by atoms with Gasteiger partial charge in [0.05, 0.1) is 11.5 Å². The highest BCUT2D eigenvalue weighted by atomic mass is 32.2. The quantitative estimate of drug-likeness (QED) is 0.478. The molecule has 1 aromatic rings. The van der Waals surface area contributed by atoms with Crippen molar-refractivity contribution in [2.75, 3.05) is 6.61 Å². The summed E-state index contributed by atoms with van der Waals surface area (Å²) in [6.07, 6.45) is 1.83. The Balaban J connectivity index is 2.23. The van der Waals surface area contributed by atoms with Crippen LogP contribution in [0.3, 0.4) is 0 Å². The maximum Gasteiger partial charge on any atom is 0.329 e. The molecule has 1 saturated heterocycles. The molecule has 1 atom stereocenters. The minimum Gasteiger partial charge on any atom is -0.464 e. The van der Waals surface area contributed by atoms with Gasteiger partial charge in [-0.1, -0.05) is 24.0 Å². The zero-order valence-corrected chi connectivity index (χ0v) is 14.4. The van der Waals surface area contributed by atoms with Crippen molar-refractivity contribution in [2.45, 2.75) is 26.8 Å². The molecule has 1 aliphatic rings. The molecular formula is C14H15NO3S3. The zero-order chi connectivity index (χ0) is 15.6. The Hall–Kier alpha value is -1.18. The highest BCUT2D eigenvalue weighted by molar-refractivity contribution is 8.26. The van der Waals surface area contributed by atoms with Crippen molar-refractivity contribution >= 4 is 57.6 Å². The molecule has 2 rings (SSSR count). The Morgan fingerprint density at radius 2 is 2.29 bits per heavy atom. The maximum atomic E-state index is 12.4. The van der Waals surface area contributed by atoms with E-state index in [1.807, 2.05) is 24.4 Å². The van der Waals surface area contributed by atoms with Gasteiger partial charge in [0.1, 0.15) is 10.4 Å². The second-order valence-corrected chi connectivity index (χ2v) is 7.07. The number of carbonyl (C=O) groups is 2. The van der Waals surface area contributed by atoms with Crippen LogP contribution in [0.25, 0.3) is 6.08 Å². The lowest BCUT2D eigenvalue weighted by molar-refractivity contribution is -0.149. The number of esters is 1. The second kappa shape index (κ2) is 6.72. The fourth-order valence-electron chi connectivity index (χ4n) is 1.83. The van der Waals surface area contributed by atoms with E-state index in [0.717, 1.165) is 10.4 Å². The first-order chi connectivity index (χ1) is 9.95. The van der Waals surface area contributed by atoms with Gasteiger partial charge in [0.15, 0.2) is 0 Å². The van der Waals surface area contributed by atoms with E-state index in [4.69, 9.17) is 17.0 Å². The van der Waals surface area contributed by atoms with Crippen molar-refractivity contribution < 1.29 is 14.3 Å². The fraction of sp³-hybridized carbons (Fsp3) is 0.357. The summed E-state index contributed by atoms with van der Waals surface area (Å²) in [7, 11) is 0. The summed E-state index contributed by atoms with van der Waals surface area (Å²) >= 11 is 8.01. The SMILES string of the molecule is CCOC(=O)C(C)N1C(=O)C(=Cc2sccc2C)SC1=S. The number of thiocarbonyl (C=S) groups is 1. The molecule has 0 radical (unpaired) electrons. The highest BCUT2D eigenvalue weighted by Crippen LogP contribution is 2.35. The minimum absolute atomic E-state index is 0.238. The van der Waals surface area contributed by atoms with Gasteiger partial charge < -0.3 is 4.74 Å². The first kappa shape index (κ1) is 16.2. The van der Waals surface area contributed by atoms with Gasteiger partial charge in [0.25, 0.3) is 5.91 Å². The lowest BCUT2D eigenvalue weighted by atomic mass is 10.2. The molecule has 1 unspecified atom stereocenters. The Morgan fingerprint density at radius 1 is 1.57 bits per heavy atom. The molecule has 0 spiro atoms. The molecule has 2 heterocycles. The molecule has 4 nitrogen and oxygen atoms in total. The molecule has 1 aromatic heterocycles. The minimum atomic E-state index is -0.701. The van der Waals surface area contributed by atoms with Crippen molar-refractivity contribution in [1.29, 1.82) is 0 Å². The lowest BCUT2D eigenvalue weighted by Crippen LogP contribution is -2.42. The lowest BCUT2D eigenvalue weighted by Gasteiger charge is -2.21. The van der Waals surface area contributed by atoms with Gasteiger partial charge in [-0.15, -0.1) is 11.3 Å². The number of carbonyl (C=O) groups excluding carboxylic acids is 2. The number of thiophene rings is 1. The molecule has 1 aliphatic heterocycles. The third-order valence-corrected chi connectivity index (χ3v) is 5.30.